The minimum Gasteiger partial charge on any atom is -0.484 e. The molecular formula is C21H21N3O3S2. The quantitative estimate of drug-likeness (QED) is 0.504. The normalized spacial score (nSPS) is 10.4. The van der Waals surface area contributed by atoms with Crippen molar-refractivity contribution >= 4 is 39.9 Å². The second-order valence-corrected chi connectivity index (χ2v) is 8.14. The van der Waals surface area contributed by atoms with Crippen molar-refractivity contribution in [1.29, 1.82) is 0 Å². The maximum atomic E-state index is 12.4. The Bertz CT molecular complexity index is 946. The number of carbonyl (C=O) groups excluding carboxylic acids is 2. The molecule has 0 atom stereocenters. The van der Waals surface area contributed by atoms with Gasteiger partial charge in [-0.1, -0.05) is 71.6 Å². The van der Waals surface area contributed by atoms with Crippen LogP contribution in [0.3, 0.4) is 0 Å². The van der Waals surface area contributed by atoms with Gasteiger partial charge in [0.05, 0.1) is 5.75 Å². The second kappa shape index (κ2) is 10.6. The number of nitrogens with zero attached hydrogens (tertiary/aromatic N) is 1. The van der Waals surface area contributed by atoms with Crippen LogP contribution in [0, 0.1) is 0 Å². The van der Waals surface area contributed by atoms with E-state index in [9.17, 15) is 9.59 Å². The van der Waals surface area contributed by atoms with Crippen LogP contribution in [0.4, 0.5) is 5.00 Å². The first-order chi connectivity index (χ1) is 14.2. The molecule has 0 aliphatic carbocycles. The van der Waals surface area contributed by atoms with E-state index in [4.69, 9.17) is 4.74 Å². The van der Waals surface area contributed by atoms with Gasteiger partial charge in [-0.2, -0.15) is 0 Å². The monoisotopic (exact) mass is 427 g/mol. The molecule has 29 heavy (non-hydrogen) atoms. The van der Waals surface area contributed by atoms with E-state index in [0.717, 1.165) is 9.90 Å². The number of para-hydroxylation sites is 1. The number of aromatic nitrogens is 1. The summed E-state index contributed by atoms with van der Waals surface area (Å²) in [4.78, 5) is 28.8. The third-order valence-electron chi connectivity index (χ3n) is 3.72. The summed E-state index contributed by atoms with van der Waals surface area (Å²) in [7, 11) is 0. The lowest BCUT2D eigenvalue weighted by Gasteiger charge is -2.07. The van der Waals surface area contributed by atoms with Gasteiger partial charge < -0.3 is 15.4 Å². The standard InChI is InChI=1S/C21H21N3O3S2/c1-2-22-18(26)14-28-21-24-19(15-9-5-3-6-10-15)20(29-21)23-17(25)13-27-16-11-7-4-8-12-16/h3-12H,2,13-14H2,1H3,(H,22,26)(H,23,25). The molecule has 2 amide bonds. The highest BCUT2D eigenvalue weighted by molar-refractivity contribution is 8.01. The molecule has 0 saturated heterocycles. The predicted molar refractivity (Wildman–Crippen MR) is 118 cm³/mol. The highest BCUT2D eigenvalue weighted by Gasteiger charge is 2.17. The van der Waals surface area contributed by atoms with Gasteiger partial charge in [-0.3, -0.25) is 9.59 Å². The molecule has 0 aliphatic heterocycles. The number of nitrogens with one attached hydrogen (secondary N) is 2. The fraction of sp³-hybridized carbons (Fsp3) is 0.190. The Morgan fingerprint density at radius 1 is 1.03 bits per heavy atom. The lowest BCUT2D eigenvalue weighted by Crippen LogP contribution is -2.24. The predicted octanol–water partition coefficient (Wildman–Crippen LogP) is 4.06. The minimum atomic E-state index is -0.269. The molecule has 6 nitrogen and oxygen atoms in total. The van der Waals surface area contributed by atoms with E-state index in [1.54, 1.807) is 12.1 Å². The number of anilines is 1. The first-order valence-electron chi connectivity index (χ1n) is 9.09. The van der Waals surface area contributed by atoms with Gasteiger partial charge >= 0.3 is 0 Å². The van der Waals surface area contributed by atoms with Crippen molar-refractivity contribution in [2.75, 3.05) is 24.2 Å². The topological polar surface area (TPSA) is 80.3 Å². The largest absolute Gasteiger partial charge is 0.484 e. The van der Waals surface area contributed by atoms with E-state index in [0.29, 0.717) is 23.0 Å². The zero-order valence-electron chi connectivity index (χ0n) is 15.9. The van der Waals surface area contributed by atoms with Crippen LogP contribution in [0.15, 0.2) is 65.0 Å². The van der Waals surface area contributed by atoms with Crippen molar-refractivity contribution in [3.63, 3.8) is 0 Å². The van der Waals surface area contributed by atoms with Crippen LogP contribution in [0.25, 0.3) is 11.3 Å². The van der Waals surface area contributed by atoms with Crippen molar-refractivity contribution < 1.29 is 14.3 Å². The highest BCUT2D eigenvalue weighted by Crippen LogP contribution is 2.37. The molecule has 0 saturated carbocycles. The molecule has 0 fully saturated rings. The van der Waals surface area contributed by atoms with Gasteiger partial charge in [0.2, 0.25) is 5.91 Å². The summed E-state index contributed by atoms with van der Waals surface area (Å²) in [5, 5.41) is 6.29. The number of ether oxygens (including phenoxy) is 1. The molecule has 0 unspecified atom stereocenters. The Kier molecular flexibility index (Phi) is 7.66. The second-order valence-electron chi connectivity index (χ2n) is 5.92. The Morgan fingerprint density at radius 2 is 1.72 bits per heavy atom. The fourth-order valence-corrected chi connectivity index (χ4v) is 4.35. The van der Waals surface area contributed by atoms with E-state index in [1.165, 1.54) is 23.1 Å². The average molecular weight is 428 g/mol. The van der Waals surface area contributed by atoms with Crippen molar-refractivity contribution in [3.8, 4) is 17.0 Å². The van der Waals surface area contributed by atoms with E-state index in [2.05, 4.69) is 15.6 Å². The maximum absolute atomic E-state index is 12.4. The Balaban J connectivity index is 1.71. The molecular weight excluding hydrogens is 406 g/mol. The van der Waals surface area contributed by atoms with Crippen LogP contribution in [0.5, 0.6) is 5.75 Å². The molecule has 0 spiro atoms. The number of rotatable bonds is 9. The summed E-state index contributed by atoms with van der Waals surface area (Å²) >= 11 is 2.70. The number of amides is 2. The van der Waals surface area contributed by atoms with Gasteiger partial charge in [-0.05, 0) is 19.1 Å². The third kappa shape index (κ3) is 6.33. The minimum absolute atomic E-state index is 0.0455. The smallest absolute Gasteiger partial charge is 0.262 e. The molecule has 1 heterocycles. The van der Waals surface area contributed by atoms with E-state index in [-0.39, 0.29) is 24.2 Å². The maximum Gasteiger partial charge on any atom is 0.262 e. The van der Waals surface area contributed by atoms with Crippen LogP contribution in [0.1, 0.15) is 6.92 Å². The van der Waals surface area contributed by atoms with Crippen molar-refractivity contribution in [2.24, 2.45) is 0 Å². The van der Waals surface area contributed by atoms with Crippen LogP contribution in [-0.2, 0) is 9.59 Å². The Labute approximate surface area is 177 Å². The van der Waals surface area contributed by atoms with Crippen molar-refractivity contribution in [1.82, 2.24) is 10.3 Å². The van der Waals surface area contributed by atoms with E-state index in [1.807, 2.05) is 55.5 Å². The summed E-state index contributed by atoms with van der Waals surface area (Å²) in [6.07, 6.45) is 0. The van der Waals surface area contributed by atoms with E-state index >= 15 is 0 Å². The molecule has 2 aromatic carbocycles. The molecule has 0 radical (unpaired) electrons. The van der Waals surface area contributed by atoms with E-state index < -0.39 is 0 Å². The molecule has 150 valence electrons. The Morgan fingerprint density at radius 3 is 2.41 bits per heavy atom. The average Bonchev–Trinajstić information content (AvgIpc) is 3.15. The van der Waals surface area contributed by atoms with Crippen LogP contribution in [-0.4, -0.2) is 35.7 Å². The summed E-state index contributed by atoms with van der Waals surface area (Å²) < 4.78 is 6.23. The van der Waals surface area contributed by atoms with Crippen LogP contribution in [0.2, 0.25) is 0 Å². The third-order valence-corrected chi connectivity index (χ3v) is 5.84. The van der Waals surface area contributed by atoms with Crippen LogP contribution >= 0.6 is 23.1 Å². The van der Waals surface area contributed by atoms with Gasteiger partial charge in [0.15, 0.2) is 10.9 Å². The molecule has 2 N–H and O–H groups in total. The first kappa shape index (κ1) is 20.9. The first-order valence-corrected chi connectivity index (χ1v) is 10.9. The Hall–Kier alpha value is -2.84. The van der Waals surface area contributed by atoms with Gasteiger partial charge in [0.25, 0.3) is 5.91 Å². The number of hydrogen-bond acceptors (Lipinski definition) is 6. The summed E-state index contributed by atoms with van der Waals surface area (Å²) in [5.74, 6) is 0.597. The van der Waals surface area contributed by atoms with Gasteiger partial charge in [0.1, 0.15) is 16.4 Å². The molecule has 8 heteroatoms. The van der Waals surface area contributed by atoms with Gasteiger partial charge in [-0.15, -0.1) is 0 Å². The number of carbonyl (C=O) groups is 2. The molecule has 0 aliphatic rings. The lowest BCUT2D eigenvalue weighted by molar-refractivity contribution is -0.119. The van der Waals surface area contributed by atoms with Crippen molar-refractivity contribution in [2.45, 2.75) is 11.3 Å². The molecule has 1 aromatic heterocycles. The SMILES string of the molecule is CCNC(=O)CSc1nc(-c2ccccc2)c(NC(=O)COc2ccccc2)s1. The van der Waals surface area contributed by atoms with Crippen LogP contribution < -0.4 is 15.4 Å². The fourth-order valence-electron chi connectivity index (χ4n) is 2.44. The molecule has 0 bridgehead atoms. The number of hydrogen-bond donors (Lipinski definition) is 2. The zero-order valence-corrected chi connectivity index (χ0v) is 17.5. The number of thiazole rings is 1. The number of benzene rings is 2. The van der Waals surface area contributed by atoms with Gasteiger partial charge in [0, 0.05) is 12.1 Å². The number of thioether (sulfide) groups is 1. The highest BCUT2D eigenvalue weighted by atomic mass is 32.2. The molecule has 3 aromatic rings. The van der Waals surface area contributed by atoms with Gasteiger partial charge in [-0.25, -0.2) is 4.98 Å². The summed E-state index contributed by atoms with van der Waals surface area (Å²) in [6, 6.07) is 18.8. The molecule has 3 rings (SSSR count). The van der Waals surface area contributed by atoms with Crippen molar-refractivity contribution in [3.05, 3.63) is 60.7 Å². The zero-order chi connectivity index (χ0) is 20.5. The summed E-state index contributed by atoms with van der Waals surface area (Å²) in [5.41, 5.74) is 1.58. The summed E-state index contributed by atoms with van der Waals surface area (Å²) in [6.45, 7) is 2.37. The lowest BCUT2D eigenvalue weighted by atomic mass is 10.2.